The fourth-order valence-corrected chi connectivity index (χ4v) is 4.60. The lowest BCUT2D eigenvalue weighted by Crippen LogP contribution is -2.32. The standard InChI is InChI=1S/C24H26ClNO5S/c1-24(2)14-13-18-16-20(10-12-22(18)31-24)32(28,29)26-21-11-9-19(25)15-17(21)7-5-4-6-8-23(27)30-3/h9-12,15-16,26H,4,6,8,13-14H2,1-3H3. The first-order chi connectivity index (χ1) is 15.1. The number of halogens is 1. The van der Waals surface area contributed by atoms with Crippen LogP contribution in [0.15, 0.2) is 41.3 Å². The van der Waals surface area contributed by atoms with Crippen molar-refractivity contribution < 1.29 is 22.7 Å². The van der Waals surface area contributed by atoms with Crippen molar-refractivity contribution in [3.63, 3.8) is 0 Å². The number of aryl methyl sites for hydroxylation is 1. The van der Waals surface area contributed by atoms with Gasteiger partial charge in [0.25, 0.3) is 10.0 Å². The summed E-state index contributed by atoms with van der Waals surface area (Å²) in [5.74, 6) is 6.32. The van der Waals surface area contributed by atoms with Crippen molar-refractivity contribution in [1.29, 1.82) is 0 Å². The minimum absolute atomic E-state index is 0.159. The Labute approximate surface area is 194 Å². The monoisotopic (exact) mass is 475 g/mol. The number of ether oxygens (including phenoxy) is 2. The third kappa shape index (κ3) is 6.18. The molecule has 8 heteroatoms. The molecule has 2 aromatic carbocycles. The van der Waals surface area contributed by atoms with Crippen molar-refractivity contribution in [2.75, 3.05) is 11.8 Å². The van der Waals surface area contributed by atoms with E-state index in [0.29, 0.717) is 34.9 Å². The van der Waals surface area contributed by atoms with E-state index >= 15 is 0 Å². The second kappa shape index (κ2) is 9.85. The van der Waals surface area contributed by atoms with E-state index in [2.05, 4.69) is 21.3 Å². The molecule has 0 aromatic heterocycles. The number of fused-ring (bicyclic) bond motifs is 1. The summed E-state index contributed by atoms with van der Waals surface area (Å²) in [5, 5.41) is 0.445. The van der Waals surface area contributed by atoms with E-state index in [1.807, 2.05) is 13.8 Å². The van der Waals surface area contributed by atoms with E-state index in [0.717, 1.165) is 18.4 Å². The van der Waals surface area contributed by atoms with Gasteiger partial charge in [-0.2, -0.15) is 0 Å². The minimum atomic E-state index is -3.84. The Bertz CT molecular complexity index is 1180. The fraction of sp³-hybridized carbons (Fsp3) is 0.375. The molecule has 0 unspecified atom stereocenters. The Morgan fingerprint density at radius 3 is 2.78 bits per heavy atom. The molecule has 0 saturated carbocycles. The minimum Gasteiger partial charge on any atom is -0.488 e. The summed E-state index contributed by atoms with van der Waals surface area (Å²) >= 11 is 6.09. The summed E-state index contributed by atoms with van der Waals surface area (Å²) in [6.45, 7) is 4.03. The van der Waals surface area contributed by atoms with Gasteiger partial charge in [-0.05, 0) is 75.1 Å². The topological polar surface area (TPSA) is 81.7 Å². The van der Waals surface area contributed by atoms with Gasteiger partial charge in [-0.15, -0.1) is 0 Å². The van der Waals surface area contributed by atoms with Crippen LogP contribution >= 0.6 is 11.6 Å². The third-order valence-corrected chi connectivity index (χ3v) is 6.68. The first-order valence-electron chi connectivity index (χ1n) is 10.3. The second-order valence-electron chi connectivity index (χ2n) is 8.16. The molecule has 170 valence electrons. The predicted octanol–water partition coefficient (Wildman–Crippen LogP) is 4.94. The average molecular weight is 476 g/mol. The lowest BCUT2D eigenvalue weighted by molar-refractivity contribution is -0.140. The molecule has 0 fully saturated rings. The molecule has 0 amide bonds. The van der Waals surface area contributed by atoms with Crippen molar-refractivity contribution in [3.05, 3.63) is 52.5 Å². The van der Waals surface area contributed by atoms with Crippen molar-refractivity contribution in [3.8, 4) is 17.6 Å². The number of hydrogen-bond acceptors (Lipinski definition) is 5. The number of rotatable bonds is 6. The number of anilines is 1. The molecule has 32 heavy (non-hydrogen) atoms. The van der Waals surface area contributed by atoms with Gasteiger partial charge in [0, 0.05) is 17.9 Å². The molecule has 6 nitrogen and oxygen atoms in total. The summed E-state index contributed by atoms with van der Waals surface area (Å²) in [6.07, 6.45) is 2.85. The molecule has 0 saturated heterocycles. The van der Waals surface area contributed by atoms with Gasteiger partial charge >= 0.3 is 5.97 Å². The fourth-order valence-electron chi connectivity index (χ4n) is 3.30. The van der Waals surface area contributed by atoms with Crippen LogP contribution in [-0.2, 0) is 26.0 Å². The summed E-state index contributed by atoms with van der Waals surface area (Å²) in [5.41, 5.74) is 1.40. The largest absolute Gasteiger partial charge is 0.488 e. The molecular formula is C24H26ClNO5S. The van der Waals surface area contributed by atoms with Crippen LogP contribution in [0.25, 0.3) is 0 Å². The zero-order valence-electron chi connectivity index (χ0n) is 18.3. The Morgan fingerprint density at radius 2 is 2.03 bits per heavy atom. The molecule has 2 aromatic rings. The third-order valence-electron chi connectivity index (χ3n) is 5.08. The molecular weight excluding hydrogens is 450 g/mol. The van der Waals surface area contributed by atoms with Gasteiger partial charge in [-0.3, -0.25) is 9.52 Å². The number of esters is 1. The Hall–Kier alpha value is -2.69. The summed E-state index contributed by atoms with van der Waals surface area (Å²) in [6, 6.07) is 9.69. The first kappa shape index (κ1) is 24.0. The number of unbranched alkanes of at least 4 members (excludes halogenated alkanes) is 1. The van der Waals surface area contributed by atoms with Crippen LogP contribution in [0.4, 0.5) is 5.69 Å². The molecule has 0 atom stereocenters. The van der Waals surface area contributed by atoms with Crippen LogP contribution in [0.5, 0.6) is 5.75 Å². The molecule has 3 rings (SSSR count). The van der Waals surface area contributed by atoms with Gasteiger partial charge < -0.3 is 9.47 Å². The molecule has 0 spiro atoms. The van der Waals surface area contributed by atoms with E-state index in [9.17, 15) is 13.2 Å². The summed E-state index contributed by atoms with van der Waals surface area (Å²) in [7, 11) is -2.50. The molecule has 0 bridgehead atoms. The normalized spacial score (nSPS) is 14.4. The van der Waals surface area contributed by atoms with Crippen molar-refractivity contribution in [2.45, 2.75) is 56.4 Å². The SMILES string of the molecule is COC(=O)CCCC#Cc1cc(Cl)ccc1NS(=O)(=O)c1ccc2c(c1)CCC(C)(C)O2. The highest BCUT2D eigenvalue weighted by Gasteiger charge is 2.28. The van der Waals surface area contributed by atoms with Gasteiger partial charge in [0.2, 0.25) is 0 Å². The van der Waals surface area contributed by atoms with Crippen LogP contribution in [0, 0.1) is 11.8 Å². The van der Waals surface area contributed by atoms with Gasteiger partial charge in [0.1, 0.15) is 11.4 Å². The van der Waals surface area contributed by atoms with E-state index < -0.39 is 10.0 Å². The zero-order chi connectivity index (χ0) is 23.4. The van der Waals surface area contributed by atoms with E-state index in [1.165, 1.54) is 13.2 Å². The van der Waals surface area contributed by atoms with Crippen molar-refractivity contribution >= 4 is 33.3 Å². The van der Waals surface area contributed by atoms with Crippen LogP contribution in [-0.4, -0.2) is 27.1 Å². The van der Waals surface area contributed by atoms with Crippen molar-refractivity contribution in [1.82, 2.24) is 0 Å². The summed E-state index contributed by atoms with van der Waals surface area (Å²) < 4.78 is 39.3. The second-order valence-corrected chi connectivity index (χ2v) is 10.3. The molecule has 1 aliphatic rings. The smallest absolute Gasteiger partial charge is 0.305 e. The maximum Gasteiger partial charge on any atom is 0.305 e. The lowest BCUT2D eigenvalue weighted by Gasteiger charge is -2.32. The number of benzene rings is 2. The maximum atomic E-state index is 13.1. The van der Waals surface area contributed by atoms with Crippen LogP contribution in [0.2, 0.25) is 5.02 Å². The van der Waals surface area contributed by atoms with Gasteiger partial charge in [0.15, 0.2) is 0 Å². The van der Waals surface area contributed by atoms with Gasteiger partial charge in [0.05, 0.1) is 23.3 Å². The molecule has 0 aliphatic carbocycles. The zero-order valence-corrected chi connectivity index (χ0v) is 19.9. The van der Waals surface area contributed by atoms with Crippen LogP contribution in [0.3, 0.4) is 0 Å². The molecule has 1 aliphatic heterocycles. The quantitative estimate of drug-likeness (QED) is 0.363. The molecule has 1 heterocycles. The van der Waals surface area contributed by atoms with Gasteiger partial charge in [-0.1, -0.05) is 23.4 Å². The number of nitrogens with one attached hydrogen (secondary N) is 1. The molecule has 1 N–H and O–H groups in total. The van der Waals surface area contributed by atoms with Crippen molar-refractivity contribution in [2.24, 2.45) is 0 Å². The highest BCUT2D eigenvalue weighted by Crippen LogP contribution is 2.34. The van der Waals surface area contributed by atoms with E-state index in [-0.39, 0.29) is 22.9 Å². The van der Waals surface area contributed by atoms with Crippen LogP contribution in [0.1, 0.15) is 50.7 Å². The number of carbonyl (C=O) groups is 1. The van der Waals surface area contributed by atoms with Crippen LogP contribution < -0.4 is 9.46 Å². The van der Waals surface area contributed by atoms with E-state index in [1.54, 1.807) is 30.3 Å². The number of carbonyl (C=O) groups excluding carboxylic acids is 1. The maximum absolute atomic E-state index is 13.1. The number of sulfonamides is 1. The summed E-state index contributed by atoms with van der Waals surface area (Å²) in [4.78, 5) is 11.3. The first-order valence-corrected chi connectivity index (χ1v) is 12.2. The Balaban J connectivity index is 1.79. The molecule has 0 radical (unpaired) electrons. The lowest BCUT2D eigenvalue weighted by atomic mass is 9.94. The highest BCUT2D eigenvalue weighted by atomic mass is 35.5. The predicted molar refractivity (Wildman–Crippen MR) is 124 cm³/mol. The average Bonchev–Trinajstić information content (AvgIpc) is 2.74. The highest BCUT2D eigenvalue weighted by molar-refractivity contribution is 7.92. The number of methoxy groups -OCH3 is 1. The van der Waals surface area contributed by atoms with E-state index in [4.69, 9.17) is 16.3 Å². The number of hydrogen-bond donors (Lipinski definition) is 1. The Kier molecular flexibility index (Phi) is 7.37. The Morgan fingerprint density at radius 1 is 1.25 bits per heavy atom. The van der Waals surface area contributed by atoms with Gasteiger partial charge in [-0.25, -0.2) is 8.42 Å².